The fourth-order valence-electron chi connectivity index (χ4n) is 1.34. The second-order valence-corrected chi connectivity index (χ2v) is 4.74. The van der Waals surface area contributed by atoms with Crippen LogP contribution in [0.3, 0.4) is 0 Å². The van der Waals surface area contributed by atoms with Gasteiger partial charge >= 0.3 is 6.01 Å². The van der Waals surface area contributed by atoms with Crippen LogP contribution in [0.2, 0.25) is 0 Å². The molecule has 0 atom stereocenters. The summed E-state index contributed by atoms with van der Waals surface area (Å²) in [5.74, 6) is -0.114. The third-order valence-corrected chi connectivity index (χ3v) is 3.19. The Morgan fingerprint density at radius 1 is 1.45 bits per heavy atom. The van der Waals surface area contributed by atoms with Crippen LogP contribution in [0.4, 0.5) is 10.3 Å². The van der Waals surface area contributed by atoms with E-state index in [1.807, 2.05) is 6.92 Å². The molecule has 0 saturated carbocycles. The summed E-state index contributed by atoms with van der Waals surface area (Å²) in [4.78, 5) is 16.4. The molecule has 8 heteroatoms. The van der Waals surface area contributed by atoms with Crippen LogP contribution in [0, 0.1) is 5.82 Å². The fraction of sp³-hybridized carbons (Fsp3) is 0.250. The summed E-state index contributed by atoms with van der Waals surface area (Å²) >= 11 is 1.30. The average molecular weight is 296 g/mol. The lowest BCUT2D eigenvalue weighted by Gasteiger charge is -2.01. The lowest BCUT2D eigenvalue weighted by molar-refractivity contribution is -0.113. The van der Waals surface area contributed by atoms with Gasteiger partial charge in [-0.3, -0.25) is 10.1 Å². The second kappa shape index (κ2) is 6.90. The molecule has 0 fully saturated rings. The average Bonchev–Trinajstić information content (AvgIpc) is 2.86. The Labute approximate surface area is 119 Å². The molecule has 2 aromatic rings. The van der Waals surface area contributed by atoms with E-state index in [1.165, 1.54) is 23.9 Å². The summed E-state index contributed by atoms with van der Waals surface area (Å²) in [6.07, 6.45) is 0. The maximum absolute atomic E-state index is 12.7. The van der Waals surface area contributed by atoms with E-state index < -0.39 is 0 Å². The molecule has 6 nitrogen and oxygen atoms in total. The first-order valence-corrected chi connectivity index (χ1v) is 6.89. The lowest BCUT2D eigenvalue weighted by atomic mass is 10.4. The standard InChI is InChI=1S/C12H13FN4O2S/c1-2-19-12-15-11(16-17-12)14-10(18)7-20-9-5-3-8(13)4-6-9/h3-6H,2,7H2,1H3,(H2,14,15,16,17,18). The molecule has 20 heavy (non-hydrogen) atoms. The number of rotatable bonds is 6. The number of aromatic amines is 1. The van der Waals surface area contributed by atoms with Crippen molar-refractivity contribution >= 4 is 23.6 Å². The summed E-state index contributed by atoms with van der Waals surface area (Å²) in [6.45, 7) is 2.26. The van der Waals surface area contributed by atoms with E-state index >= 15 is 0 Å². The first-order chi connectivity index (χ1) is 9.67. The molecule has 106 valence electrons. The number of halogens is 1. The molecule has 0 aliphatic rings. The Balaban J connectivity index is 1.81. The molecule has 2 N–H and O–H groups in total. The van der Waals surface area contributed by atoms with Crippen molar-refractivity contribution < 1.29 is 13.9 Å². The quantitative estimate of drug-likeness (QED) is 0.798. The van der Waals surface area contributed by atoms with Gasteiger partial charge in [-0.2, -0.15) is 4.98 Å². The van der Waals surface area contributed by atoms with Crippen LogP contribution in [0.5, 0.6) is 6.01 Å². The third kappa shape index (κ3) is 4.23. The molecule has 0 spiro atoms. The highest BCUT2D eigenvalue weighted by Crippen LogP contribution is 2.18. The van der Waals surface area contributed by atoms with Gasteiger partial charge in [-0.15, -0.1) is 16.9 Å². The third-order valence-electron chi connectivity index (χ3n) is 2.18. The molecule has 0 saturated heterocycles. The summed E-state index contributed by atoms with van der Waals surface area (Å²) in [6, 6.07) is 6.13. The smallest absolute Gasteiger partial charge is 0.337 e. The van der Waals surface area contributed by atoms with Crippen LogP contribution in [0.15, 0.2) is 29.2 Å². The number of ether oxygens (including phenoxy) is 1. The molecule has 0 bridgehead atoms. The number of hydrogen-bond donors (Lipinski definition) is 2. The van der Waals surface area contributed by atoms with Crippen LogP contribution < -0.4 is 10.1 Å². The van der Waals surface area contributed by atoms with Crippen LogP contribution in [-0.4, -0.2) is 33.4 Å². The van der Waals surface area contributed by atoms with Crippen LogP contribution in [-0.2, 0) is 4.79 Å². The van der Waals surface area contributed by atoms with Crippen molar-refractivity contribution in [2.75, 3.05) is 17.7 Å². The number of anilines is 1. The predicted molar refractivity (Wildman–Crippen MR) is 73.3 cm³/mol. The van der Waals surface area contributed by atoms with Gasteiger partial charge in [0.05, 0.1) is 12.4 Å². The summed E-state index contributed by atoms with van der Waals surface area (Å²) < 4.78 is 17.8. The van der Waals surface area contributed by atoms with Gasteiger partial charge in [-0.05, 0) is 31.2 Å². The minimum absolute atomic E-state index is 0.189. The molecular formula is C12H13FN4O2S. The Bertz CT molecular complexity index is 573. The SMILES string of the molecule is CCOc1n[nH]c(NC(=O)CSc2ccc(F)cc2)n1. The van der Waals surface area contributed by atoms with Gasteiger partial charge in [0.2, 0.25) is 11.9 Å². The van der Waals surface area contributed by atoms with Gasteiger partial charge in [0, 0.05) is 4.90 Å². The van der Waals surface area contributed by atoms with Crippen LogP contribution in [0.1, 0.15) is 6.92 Å². The van der Waals surface area contributed by atoms with E-state index in [1.54, 1.807) is 12.1 Å². The molecule has 0 radical (unpaired) electrons. The number of aromatic nitrogens is 3. The van der Waals surface area contributed by atoms with Crippen molar-refractivity contribution in [1.29, 1.82) is 0 Å². The Morgan fingerprint density at radius 2 is 2.20 bits per heavy atom. The van der Waals surface area contributed by atoms with E-state index in [9.17, 15) is 9.18 Å². The maximum atomic E-state index is 12.7. The van der Waals surface area contributed by atoms with Crippen molar-refractivity contribution in [3.05, 3.63) is 30.1 Å². The molecule has 1 aromatic carbocycles. The number of nitrogens with zero attached hydrogens (tertiary/aromatic N) is 2. The summed E-state index contributed by atoms with van der Waals surface area (Å²) in [7, 11) is 0. The normalized spacial score (nSPS) is 10.3. The molecule has 1 aromatic heterocycles. The van der Waals surface area contributed by atoms with Crippen LogP contribution >= 0.6 is 11.8 Å². The Morgan fingerprint density at radius 3 is 2.90 bits per heavy atom. The highest BCUT2D eigenvalue weighted by atomic mass is 32.2. The molecular weight excluding hydrogens is 283 g/mol. The number of benzene rings is 1. The van der Waals surface area contributed by atoms with E-state index in [0.29, 0.717) is 6.61 Å². The van der Waals surface area contributed by atoms with Crippen molar-refractivity contribution in [2.24, 2.45) is 0 Å². The van der Waals surface area contributed by atoms with Gasteiger partial charge < -0.3 is 4.74 Å². The van der Waals surface area contributed by atoms with Gasteiger partial charge in [-0.1, -0.05) is 0 Å². The largest absolute Gasteiger partial charge is 0.463 e. The monoisotopic (exact) mass is 296 g/mol. The highest BCUT2D eigenvalue weighted by Gasteiger charge is 2.08. The van der Waals surface area contributed by atoms with Gasteiger partial charge in [0.15, 0.2) is 0 Å². The molecule has 2 rings (SSSR count). The number of carbonyl (C=O) groups is 1. The molecule has 1 heterocycles. The van der Waals surface area contributed by atoms with Crippen LogP contribution in [0.25, 0.3) is 0 Å². The number of amides is 1. The number of thioether (sulfide) groups is 1. The zero-order valence-corrected chi connectivity index (χ0v) is 11.5. The zero-order chi connectivity index (χ0) is 14.4. The highest BCUT2D eigenvalue weighted by molar-refractivity contribution is 8.00. The molecule has 0 unspecified atom stereocenters. The number of hydrogen-bond acceptors (Lipinski definition) is 5. The minimum atomic E-state index is -0.302. The van der Waals surface area contributed by atoms with Crippen molar-refractivity contribution in [3.63, 3.8) is 0 Å². The molecule has 1 amide bonds. The van der Waals surface area contributed by atoms with Crippen molar-refractivity contribution in [3.8, 4) is 6.01 Å². The lowest BCUT2D eigenvalue weighted by Crippen LogP contribution is -2.15. The predicted octanol–water partition coefficient (Wildman–Crippen LogP) is 2.07. The Hall–Kier alpha value is -2.09. The van der Waals surface area contributed by atoms with E-state index in [0.717, 1.165) is 4.90 Å². The van der Waals surface area contributed by atoms with Gasteiger partial charge in [0.25, 0.3) is 0 Å². The summed E-state index contributed by atoms with van der Waals surface area (Å²) in [5.41, 5.74) is 0. The van der Waals surface area contributed by atoms with E-state index in [-0.39, 0.29) is 29.4 Å². The van der Waals surface area contributed by atoms with E-state index in [2.05, 4.69) is 20.5 Å². The minimum Gasteiger partial charge on any atom is -0.463 e. The first-order valence-electron chi connectivity index (χ1n) is 5.91. The number of H-pyrrole nitrogens is 1. The van der Waals surface area contributed by atoms with Crippen molar-refractivity contribution in [2.45, 2.75) is 11.8 Å². The van der Waals surface area contributed by atoms with E-state index in [4.69, 9.17) is 4.74 Å². The maximum Gasteiger partial charge on any atom is 0.337 e. The zero-order valence-electron chi connectivity index (χ0n) is 10.7. The first kappa shape index (κ1) is 14.3. The molecule has 0 aliphatic carbocycles. The van der Waals surface area contributed by atoms with Crippen molar-refractivity contribution in [1.82, 2.24) is 15.2 Å². The topological polar surface area (TPSA) is 79.9 Å². The summed E-state index contributed by atoms with van der Waals surface area (Å²) in [5, 5.41) is 8.88. The number of nitrogens with one attached hydrogen (secondary N) is 2. The fourth-order valence-corrected chi connectivity index (χ4v) is 2.04. The number of carbonyl (C=O) groups excluding carboxylic acids is 1. The Kier molecular flexibility index (Phi) is 4.94. The second-order valence-electron chi connectivity index (χ2n) is 3.69. The molecule has 0 aliphatic heterocycles. The van der Waals surface area contributed by atoms with Gasteiger partial charge in [-0.25, -0.2) is 9.49 Å². The van der Waals surface area contributed by atoms with Gasteiger partial charge in [0.1, 0.15) is 5.82 Å².